The van der Waals surface area contributed by atoms with Gasteiger partial charge in [-0.25, -0.2) is 9.18 Å². The summed E-state index contributed by atoms with van der Waals surface area (Å²) >= 11 is 0. The second kappa shape index (κ2) is 6.07. The fourth-order valence-electron chi connectivity index (χ4n) is 2.24. The van der Waals surface area contributed by atoms with Crippen molar-refractivity contribution in [1.29, 1.82) is 0 Å². The number of H-pyrrole nitrogens is 1. The van der Waals surface area contributed by atoms with Crippen molar-refractivity contribution in [2.75, 3.05) is 17.7 Å². The molecule has 1 aromatic heterocycles. The molecule has 7 nitrogen and oxygen atoms in total. The Hall–Kier alpha value is -2.90. The minimum absolute atomic E-state index is 0.0169. The molecule has 1 heterocycles. The van der Waals surface area contributed by atoms with Crippen LogP contribution in [0.5, 0.6) is 0 Å². The smallest absolute Gasteiger partial charge is 0.319 e. The number of anilines is 2. The summed E-state index contributed by atoms with van der Waals surface area (Å²) < 4.78 is 13.7. The van der Waals surface area contributed by atoms with Gasteiger partial charge in [-0.05, 0) is 31.0 Å². The van der Waals surface area contributed by atoms with E-state index in [1.165, 1.54) is 31.4 Å². The molecule has 0 saturated heterocycles. The molecule has 1 saturated carbocycles. The molecule has 1 aromatic carbocycles. The van der Waals surface area contributed by atoms with Gasteiger partial charge in [-0.15, -0.1) is 0 Å². The van der Waals surface area contributed by atoms with Crippen molar-refractivity contribution in [3.8, 4) is 0 Å². The molecule has 0 bridgehead atoms. The van der Waals surface area contributed by atoms with Crippen LogP contribution in [-0.2, 0) is 0 Å². The summed E-state index contributed by atoms with van der Waals surface area (Å²) in [6, 6.07) is 3.43. The highest BCUT2D eigenvalue weighted by Crippen LogP contribution is 2.40. The quantitative estimate of drug-likeness (QED) is 0.697. The van der Waals surface area contributed by atoms with Gasteiger partial charge in [0, 0.05) is 18.7 Å². The molecule has 3 rings (SSSR count). The number of hydrogen-bond acceptors (Lipinski definition) is 3. The van der Waals surface area contributed by atoms with E-state index in [1.54, 1.807) is 0 Å². The molecular weight excluding hydrogens is 301 g/mol. The minimum atomic E-state index is -0.589. The third-order valence-corrected chi connectivity index (χ3v) is 3.60. The van der Waals surface area contributed by atoms with Gasteiger partial charge in [0.1, 0.15) is 5.82 Å². The molecule has 1 fully saturated rings. The molecule has 1 aliphatic rings. The lowest BCUT2D eigenvalue weighted by Gasteiger charge is -2.09. The first-order valence-electron chi connectivity index (χ1n) is 7.21. The Kier molecular flexibility index (Phi) is 3.96. The fraction of sp³-hybridized carbons (Fsp3) is 0.267. The number of nitrogens with one attached hydrogen (secondary N) is 4. The average Bonchev–Trinajstić information content (AvgIpc) is 3.27. The molecule has 8 heteroatoms. The first kappa shape index (κ1) is 15.0. The SMILES string of the molecule is CNC(=O)Nc1cc(NC(=O)c2cn[nH]c2C2CC2)ccc1F. The van der Waals surface area contributed by atoms with Crippen molar-refractivity contribution in [2.45, 2.75) is 18.8 Å². The molecule has 0 spiro atoms. The zero-order valence-corrected chi connectivity index (χ0v) is 12.4. The molecule has 0 radical (unpaired) electrons. The first-order chi connectivity index (χ1) is 11.1. The van der Waals surface area contributed by atoms with Crippen LogP contribution in [0.2, 0.25) is 0 Å². The van der Waals surface area contributed by atoms with Crippen LogP contribution in [0, 0.1) is 5.82 Å². The predicted molar refractivity (Wildman–Crippen MR) is 83.0 cm³/mol. The van der Waals surface area contributed by atoms with Crippen LogP contribution < -0.4 is 16.0 Å². The van der Waals surface area contributed by atoms with E-state index < -0.39 is 11.8 Å². The van der Waals surface area contributed by atoms with E-state index in [2.05, 4.69) is 26.1 Å². The number of carbonyl (C=O) groups is 2. The number of urea groups is 1. The third-order valence-electron chi connectivity index (χ3n) is 3.60. The summed E-state index contributed by atoms with van der Waals surface area (Å²) in [6.45, 7) is 0. The van der Waals surface area contributed by atoms with Crippen molar-refractivity contribution >= 4 is 23.3 Å². The van der Waals surface area contributed by atoms with Crippen LogP contribution in [0.4, 0.5) is 20.6 Å². The Labute approximate surface area is 131 Å². The van der Waals surface area contributed by atoms with Crippen molar-refractivity contribution in [3.63, 3.8) is 0 Å². The number of nitrogens with zero attached hydrogens (tertiary/aromatic N) is 1. The van der Waals surface area contributed by atoms with Gasteiger partial charge in [-0.2, -0.15) is 5.10 Å². The first-order valence-corrected chi connectivity index (χ1v) is 7.21. The lowest BCUT2D eigenvalue weighted by atomic mass is 10.1. The largest absolute Gasteiger partial charge is 0.341 e. The Balaban J connectivity index is 1.76. The van der Waals surface area contributed by atoms with E-state index >= 15 is 0 Å². The Morgan fingerprint density at radius 2 is 2.09 bits per heavy atom. The zero-order chi connectivity index (χ0) is 16.4. The fourth-order valence-corrected chi connectivity index (χ4v) is 2.24. The molecule has 3 amide bonds. The maximum atomic E-state index is 13.7. The number of aromatic amines is 1. The highest BCUT2D eigenvalue weighted by molar-refractivity contribution is 6.05. The number of benzene rings is 1. The number of carbonyl (C=O) groups excluding carboxylic acids is 2. The average molecular weight is 317 g/mol. The van der Waals surface area contributed by atoms with E-state index in [0.29, 0.717) is 17.2 Å². The summed E-state index contributed by atoms with van der Waals surface area (Å²) in [5.74, 6) is -0.552. The molecule has 2 aromatic rings. The number of hydrogen-bond donors (Lipinski definition) is 4. The second-order valence-electron chi connectivity index (χ2n) is 5.32. The summed E-state index contributed by atoms with van der Waals surface area (Å²) in [5, 5.41) is 14.1. The van der Waals surface area contributed by atoms with E-state index in [9.17, 15) is 14.0 Å². The normalized spacial score (nSPS) is 13.5. The Morgan fingerprint density at radius 1 is 1.30 bits per heavy atom. The summed E-state index contributed by atoms with van der Waals surface area (Å²) in [4.78, 5) is 23.6. The van der Waals surface area contributed by atoms with Crippen LogP contribution in [0.15, 0.2) is 24.4 Å². The topological polar surface area (TPSA) is 98.9 Å². The van der Waals surface area contributed by atoms with Gasteiger partial charge in [-0.3, -0.25) is 9.89 Å². The van der Waals surface area contributed by atoms with E-state index in [4.69, 9.17) is 0 Å². The Morgan fingerprint density at radius 3 is 2.78 bits per heavy atom. The monoisotopic (exact) mass is 317 g/mol. The molecule has 0 aliphatic heterocycles. The van der Waals surface area contributed by atoms with Crippen molar-refractivity contribution in [1.82, 2.24) is 15.5 Å². The van der Waals surface area contributed by atoms with Crippen LogP contribution in [0.25, 0.3) is 0 Å². The lowest BCUT2D eigenvalue weighted by molar-refractivity contribution is 0.102. The van der Waals surface area contributed by atoms with Gasteiger partial charge < -0.3 is 16.0 Å². The number of halogens is 1. The number of rotatable bonds is 4. The van der Waals surface area contributed by atoms with Crippen molar-refractivity contribution in [2.24, 2.45) is 0 Å². The highest BCUT2D eigenvalue weighted by atomic mass is 19.1. The third kappa shape index (κ3) is 3.31. The van der Waals surface area contributed by atoms with E-state index in [1.807, 2.05) is 0 Å². The van der Waals surface area contributed by atoms with Crippen LogP contribution in [-0.4, -0.2) is 29.2 Å². The molecule has 0 atom stereocenters. The Bertz CT molecular complexity index is 754. The number of aromatic nitrogens is 2. The van der Waals surface area contributed by atoms with Crippen LogP contribution in [0.3, 0.4) is 0 Å². The van der Waals surface area contributed by atoms with Gasteiger partial charge in [0.15, 0.2) is 0 Å². The second-order valence-corrected chi connectivity index (χ2v) is 5.32. The highest BCUT2D eigenvalue weighted by Gasteiger charge is 2.29. The van der Waals surface area contributed by atoms with Gasteiger partial charge in [0.05, 0.1) is 23.1 Å². The molecule has 4 N–H and O–H groups in total. The molecular formula is C15H16FN5O2. The number of amides is 3. The maximum absolute atomic E-state index is 13.7. The predicted octanol–water partition coefficient (Wildman–Crippen LogP) is 2.43. The van der Waals surface area contributed by atoms with Crippen molar-refractivity contribution in [3.05, 3.63) is 41.5 Å². The maximum Gasteiger partial charge on any atom is 0.319 e. The molecule has 0 unspecified atom stereocenters. The van der Waals surface area contributed by atoms with Crippen molar-refractivity contribution < 1.29 is 14.0 Å². The summed E-state index contributed by atoms with van der Waals surface area (Å²) in [6.07, 6.45) is 3.56. The van der Waals surface area contributed by atoms with E-state index in [-0.39, 0.29) is 11.6 Å². The van der Waals surface area contributed by atoms with Gasteiger partial charge in [-0.1, -0.05) is 0 Å². The van der Waals surface area contributed by atoms with Crippen LogP contribution >= 0.6 is 0 Å². The lowest BCUT2D eigenvalue weighted by Crippen LogP contribution is -2.25. The van der Waals surface area contributed by atoms with Gasteiger partial charge >= 0.3 is 6.03 Å². The van der Waals surface area contributed by atoms with Gasteiger partial charge in [0.2, 0.25) is 0 Å². The zero-order valence-electron chi connectivity index (χ0n) is 12.4. The summed E-state index contributed by atoms with van der Waals surface area (Å²) in [7, 11) is 1.43. The molecule has 120 valence electrons. The van der Waals surface area contributed by atoms with Crippen LogP contribution in [0.1, 0.15) is 34.8 Å². The standard InChI is InChI=1S/C15H16FN5O2/c1-17-15(23)20-12-6-9(4-5-11(12)16)19-14(22)10-7-18-21-13(10)8-2-3-8/h4-8H,2-3H2,1H3,(H,18,21)(H,19,22)(H2,17,20,23). The van der Waals surface area contributed by atoms with Gasteiger partial charge in [0.25, 0.3) is 5.91 Å². The molecule has 23 heavy (non-hydrogen) atoms. The minimum Gasteiger partial charge on any atom is -0.341 e. The van der Waals surface area contributed by atoms with E-state index in [0.717, 1.165) is 18.5 Å². The summed E-state index contributed by atoms with van der Waals surface area (Å²) in [5.41, 5.74) is 1.67. The molecule has 1 aliphatic carbocycles.